The van der Waals surface area contributed by atoms with Crippen LogP contribution in [0.25, 0.3) is 0 Å². The van der Waals surface area contributed by atoms with Crippen LogP contribution in [0.3, 0.4) is 0 Å². The standard InChI is InChI=1S/C15H16ClN3OS/c1-21-14-8-11(16)4-7-13(14)18-9-19-15(20)10-2-5-12(17)6-3-10/h2-8,18H,9,17H2,1H3,(H,19,20). The Labute approximate surface area is 133 Å². The van der Waals surface area contributed by atoms with Gasteiger partial charge in [0.15, 0.2) is 0 Å². The van der Waals surface area contributed by atoms with Gasteiger partial charge in [0.25, 0.3) is 5.91 Å². The van der Waals surface area contributed by atoms with Crippen molar-refractivity contribution in [1.82, 2.24) is 5.32 Å². The number of hydrogen-bond acceptors (Lipinski definition) is 4. The van der Waals surface area contributed by atoms with Crippen molar-refractivity contribution in [2.24, 2.45) is 0 Å². The van der Waals surface area contributed by atoms with Gasteiger partial charge in [-0.3, -0.25) is 4.79 Å². The molecule has 6 heteroatoms. The van der Waals surface area contributed by atoms with Crippen molar-refractivity contribution in [3.05, 3.63) is 53.1 Å². The number of rotatable bonds is 5. The highest BCUT2D eigenvalue weighted by molar-refractivity contribution is 7.98. The molecule has 2 rings (SSSR count). The number of nitrogen functional groups attached to an aromatic ring is 1. The Balaban J connectivity index is 1.92. The van der Waals surface area contributed by atoms with Crippen LogP contribution in [-0.4, -0.2) is 18.8 Å². The third kappa shape index (κ3) is 4.31. The van der Waals surface area contributed by atoms with E-state index in [2.05, 4.69) is 10.6 Å². The van der Waals surface area contributed by atoms with Crippen LogP contribution >= 0.6 is 23.4 Å². The highest BCUT2D eigenvalue weighted by Gasteiger charge is 2.05. The Hall–Kier alpha value is -1.85. The van der Waals surface area contributed by atoms with Gasteiger partial charge in [-0.25, -0.2) is 0 Å². The van der Waals surface area contributed by atoms with E-state index in [1.54, 1.807) is 36.0 Å². The summed E-state index contributed by atoms with van der Waals surface area (Å²) in [7, 11) is 0. The molecule has 0 aromatic heterocycles. The zero-order valence-corrected chi connectivity index (χ0v) is 13.1. The molecule has 2 aromatic carbocycles. The predicted octanol–water partition coefficient (Wildman–Crippen LogP) is 3.44. The highest BCUT2D eigenvalue weighted by Crippen LogP contribution is 2.28. The molecule has 0 aliphatic rings. The monoisotopic (exact) mass is 321 g/mol. The number of amides is 1. The lowest BCUT2D eigenvalue weighted by Crippen LogP contribution is -2.29. The second kappa shape index (κ2) is 7.24. The van der Waals surface area contributed by atoms with Crippen molar-refractivity contribution in [2.75, 3.05) is 24.0 Å². The Bertz CT molecular complexity index is 631. The minimum absolute atomic E-state index is 0.151. The van der Waals surface area contributed by atoms with E-state index in [-0.39, 0.29) is 5.91 Å². The first-order chi connectivity index (χ1) is 10.1. The van der Waals surface area contributed by atoms with E-state index in [9.17, 15) is 4.79 Å². The molecule has 0 saturated heterocycles. The molecule has 4 nitrogen and oxygen atoms in total. The van der Waals surface area contributed by atoms with E-state index in [4.69, 9.17) is 17.3 Å². The number of benzene rings is 2. The van der Waals surface area contributed by atoms with Crippen molar-refractivity contribution in [3.8, 4) is 0 Å². The summed E-state index contributed by atoms with van der Waals surface area (Å²) in [6.45, 7) is 0.332. The summed E-state index contributed by atoms with van der Waals surface area (Å²) in [6, 6.07) is 12.4. The lowest BCUT2D eigenvalue weighted by Gasteiger charge is -2.12. The van der Waals surface area contributed by atoms with Crippen LogP contribution in [0.2, 0.25) is 5.02 Å². The summed E-state index contributed by atoms with van der Waals surface area (Å²) in [4.78, 5) is 13.0. The third-order valence-electron chi connectivity index (χ3n) is 2.86. The number of carbonyl (C=O) groups excluding carboxylic acids is 1. The fraction of sp³-hybridized carbons (Fsp3) is 0.133. The number of halogens is 1. The SMILES string of the molecule is CSc1cc(Cl)ccc1NCNC(=O)c1ccc(N)cc1. The van der Waals surface area contributed by atoms with Crippen molar-refractivity contribution in [2.45, 2.75) is 4.90 Å². The molecular weight excluding hydrogens is 306 g/mol. The number of carbonyl (C=O) groups is 1. The average molecular weight is 322 g/mol. The molecule has 0 spiro atoms. The zero-order valence-electron chi connectivity index (χ0n) is 11.5. The van der Waals surface area contributed by atoms with E-state index >= 15 is 0 Å². The van der Waals surface area contributed by atoms with Gasteiger partial charge < -0.3 is 16.4 Å². The first-order valence-electron chi connectivity index (χ1n) is 6.31. The highest BCUT2D eigenvalue weighted by atomic mass is 35.5. The summed E-state index contributed by atoms with van der Waals surface area (Å²) in [5.74, 6) is -0.151. The molecule has 0 bridgehead atoms. The van der Waals surface area contributed by atoms with Crippen LogP contribution < -0.4 is 16.4 Å². The lowest BCUT2D eigenvalue weighted by molar-refractivity contribution is 0.0956. The molecular formula is C15H16ClN3OS. The molecule has 0 radical (unpaired) electrons. The fourth-order valence-corrected chi connectivity index (χ4v) is 2.61. The van der Waals surface area contributed by atoms with E-state index in [1.165, 1.54) is 0 Å². The van der Waals surface area contributed by atoms with Crippen LogP contribution in [0.15, 0.2) is 47.4 Å². The van der Waals surface area contributed by atoms with E-state index in [0.29, 0.717) is 22.9 Å². The van der Waals surface area contributed by atoms with Crippen LogP contribution in [0.1, 0.15) is 10.4 Å². The molecule has 110 valence electrons. The molecule has 0 atom stereocenters. The summed E-state index contributed by atoms with van der Waals surface area (Å²) in [6.07, 6.45) is 1.98. The number of thioether (sulfide) groups is 1. The van der Waals surface area contributed by atoms with Crippen LogP contribution in [0.5, 0.6) is 0 Å². The van der Waals surface area contributed by atoms with E-state index in [1.807, 2.05) is 24.5 Å². The number of nitrogens with two attached hydrogens (primary N) is 1. The maximum absolute atomic E-state index is 11.9. The second-order valence-corrected chi connectivity index (χ2v) is 5.61. The quantitative estimate of drug-likeness (QED) is 0.448. The smallest absolute Gasteiger partial charge is 0.252 e. The Kier molecular flexibility index (Phi) is 5.36. The van der Waals surface area contributed by atoms with Crippen LogP contribution in [-0.2, 0) is 0 Å². The molecule has 1 amide bonds. The maximum Gasteiger partial charge on any atom is 0.252 e. The van der Waals surface area contributed by atoms with Crippen molar-refractivity contribution in [3.63, 3.8) is 0 Å². The normalized spacial score (nSPS) is 10.2. The topological polar surface area (TPSA) is 67.1 Å². The second-order valence-electron chi connectivity index (χ2n) is 4.33. The third-order valence-corrected chi connectivity index (χ3v) is 3.88. The van der Waals surface area contributed by atoms with E-state index in [0.717, 1.165) is 10.6 Å². The summed E-state index contributed by atoms with van der Waals surface area (Å²) >= 11 is 7.54. The molecule has 21 heavy (non-hydrogen) atoms. The molecule has 0 fully saturated rings. The fourth-order valence-electron chi connectivity index (χ4n) is 1.77. The number of hydrogen-bond donors (Lipinski definition) is 3. The minimum Gasteiger partial charge on any atom is -0.399 e. The van der Waals surface area contributed by atoms with Gasteiger partial charge in [0, 0.05) is 26.9 Å². The van der Waals surface area contributed by atoms with Gasteiger partial charge >= 0.3 is 0 Å². The first-order valence-corrected chi connectivity index (χ1v) is 7.91. The molecule has 0 unspecified atom stereocenters. The molecule has 0 aliphatic carbocycles. The molecule has 0 heterocycles. The maximum atomic E-state index is 11.9. The van der Waals surface area contributed by atoms with Crippen molar-refractivity contribution in [1.29, 1.82) is 0 Å². The number of nitrogens with one attached hydrogen (secondary N) is 2. The molecule has 0 saturated carbocycles. The van der Waals surface area contributed by atoms with Crippen LogP contribution in [0, 0.1) is 0 Å². The Morgan fingerprint density at radius 3 is 2.62 bits per heavy atom. The summed E-state index contributed by atoms with van der Waals surface area (Å²) in [5.41, 5.74) is 7.74. The zero-order chi connectivity index (χ0) is 15.2. The minimum atomic E-state index is -0.151. The van der Waals surface area contributed by atoms with Crippen molar-refractivity contribution >= 4 is 40.6 Å². The average Bonchev–Trinajstić information content (AvgIpc) is 2.49. The van der Waals surface area contributed by atoms with Gasteiger partial charge in [-0.2, -0.15) is 0 Å². The Morgan fingerprint density at radius 2 is 1.95 bits per heavy atom. The first kappa shape index (κ1) is 15.5. The van der Waals surface area contributed by atoms with Crippen LogP contribution in [0.4, 0.5) is 11.4 Å². The molecule has 4 N–H and O–H groups in total. The Morgan fingerprint density at radius 1 is 1.24 bits per heavy atom. The van der Waals surface area contributed by atoms with Crippen molar-refractivity contribution < 1.29 is 4.79 Å². The summed E-state index contributed by atoms with van der Waals surface area (Å²) in [5, 5.41) is 6.66. The van der Waals surface area contributed by atoms with Gasteiger partial charge in [0.1, 0.15) is 0 Å². The number of anilines is 2. The largest absolute Gasteiger partial charge is 0.399 e. The lowest BCUT2D eigenvalue weighted by atomic mass is 10.2. The van der Waals surface area contributed by atoms with Gasteiger partial charge in [0.2, 0.25) is 0 Å². The van der Waals surface area contributed by atoms with Gasteiger partial charge in [-0.05, 0) is 48.7 Å². The molecule has 2 aromatic rings. The molecule has 0 aliphatic heterocycles. The summed E-state index contributed by atoms with van der Waals surface area (Å²) < 4.78 is 0. The van der Waals surface area contributed by atoms with Gasteiger partial charge in [-0.1, -0.05) is 11.6 Å². The van der Waals surface area contributed by atoms with Gasteiger partial charge in [0.05, 0.1) is 6.67 Å². The van der Waals surface area contributed by atoms with E-state index < -0.39 is 0 Å². The van der Waals surface area contributed by atoms with Gasteiger partial charge in [-0.15, -0.1) is 11.8 Å². The predicted molar refractivity (Wildman–Crippen MR) is 90.0 cm³/mol.